The Morgan fingerprint density at radius 2 is 0.914 bits per heavy atom. The van der Waals surface area contributed by atoms with E-state index in [2.05, 4.69) is 31.2 Å². The summed E-state index contributed by atoms with van der Waals surface area (Å²) in [6.45, 7) is 10.3. The number of hydrogen-bond donors (Lipinski definition) is 2. The highest BCUT2D eigenvalue weighted by molar-refractivity contribution is 5.57. The van der Waals surface area contributed by atoms with Crippen molar-refractivity contribution < 1.29 is 9.47 Å². The fourth-order valence-electron chi connectivity index (χ4n) is 4.31. The third kappa shape index (κ3) is 5.12. The maximum Gasteiger partial charge on any atom is 0.130 e. The molecule has 0 aromatic heterocycles. The third-order valence-electron chi connectivity index (χ3n) is 6.99. The molecule has 0 aliphatic heterocycles. The lowest BCUT2D eigenvalue weighted by Crippen LogP contribution is -2.00. The number of benzene rings is 4. The molecule has 0 radical (unpaired) electrons. The van der Waals surface area contributed by atoms with E-state index >= 15 is 0 Å². The van der Waals surface area contributed by atoms with E-state index in [0.717, 1.165) is 63.0 Å². The minimum absolute atomic E-state index is 0.291. The average Bonchev–Trinajstić information content (AvgIpc) is 2.87. The molecule has 4 aromatic rings. The maximum atomic E-state index is 6.14. The second kappa shape index (κ2) is 10.1. The monoisotopic (exact) mass is 466 g/mol. The Kier molecular flexibility index (Phi) is 7.02. The Morgan fingerprint density at radius 1 is 0.543 bits per heavy atom. The molecule has 4 nitrogen and oxygen atoms in total. The predicted octanol–water partition coefficient (Wildman–Crippen LogP) is 8.21. The fourth-order valence-corrected chi connectivity index (χ4v) is 4.31. The van der Waals surface area contributed by atoms with Crippen molar-refractivity contribution in [1.82, 2.24) is 0 Å². The topological polar surface area (TPSA) is 70.5 Å². The van der Waals surface area contributed by atoms with Crippen molar-refractivity contribution in [3.8, 4) is 23.0 Å². The van der Waals surface area contributed by atoms with Gasteiger partial charge in [0.05, 0.1) is 0 Å². The quantitative estimate of drug-likeness (QED) is 0.269. The van der Waals surface area contributed by atoms with Crippen LogP contribution in [-0.2, 0) is 0 Å². The van der Waals surface area contributed by atoms with Crippen LogP contribution in [-0.4, -0.2) is 0 Å². The van der Waals surface area contributed by atoms with Crippen LogP contribution in [0, 0.1) is 27.7 Å². The number of ether oxygens (including phenoxy) is 2. The summed E-state index contributed by atoms with van der Waals surface area (Å²) in [5.74, 6) is 3.58. The van der Waals surface area contributed by atoms with Crippen molar-refractivity contribution in [1.29, 1.82) is 0 Å². The normalized spacial score (nSPS) is 11.0. The molecule has 0 saturated carbocycles. The summed E-state index contributed by atoms with van der Waals surface area (Å²) in [5, 5.41) is 0. The van der Waals surface area contributed by atoms with Gasteiger partial charge in [-0.05, 0) is 116 Å². The molecule has 0 aliphatic rings. The molecule has 0 spiro atoms. The Hall–Kier alpha value is -3.92. The van der Waals surface area contributed by atoms with Crippen LogP contribution in [0.3, 0.4) is 0 Å². The van der Waals surface area contributed by atoms with Gasteiger partial charge < -0.3 is 20.9 Å². The molecule has 180 valence electrons. The first-order valence-electron chi connectivity index (χ1n) is 12.1. The largest absolute Gasteiger partial charge is 0.457 e. The van der Waals surface area contributed by atoms with E-state index in [9.17, 15) is 0 Å². The van der Waals surface area contributed by atoms with Gasteiger partial charge in [0, 0.05) is 17.3 Å². The second-order valence-corrected chi connectivity index (χ2v) is 9.11. The van der Waals surface area contributed by atoms with E-state index in [4.69, 9.17) is 20.9 Å². The molecular weight excluding hydrogens is 432 g/mol. The van der Waals surface area contributed by atoms with Gasteiger partial charge in [0.15, 0.2) is 0 Å². The highest BCUT2D eigenvalue weighted by atomic mass is 16.5. The van der Waals surface area contributed by atoms with Crippen LogP contribution < -0.4 is 20.9 Å². The average molecular weight is 467 g/mol. The minimum atomic E-state index is 0.291. The number of nitrogen functional groups attached to an aromatic ring is 2. The number of rotatable bonds is 7. The molecular formula is C31H34N2O2. The van der Waals surface area contributed by atoms with Gasteiger partial charge in [-0.3, -0.25) is 0 Å². The van der Waals surface area contributed by atoms with Gasteiger partial charge in [-0.1, -0.05) is 31.2 Å². The van der Waals surface area contributed by atoms with Crippen molar-refractivity contribution >= 4 is 11.4 Å². The van der Waals surface area contributed by atoms with E-state index in [1.165, 1.54) is 11.1 Å². The zero-order valence-electron chi connectivity index (χ0n) is 21.2. The lowest BCUT2D eigenvalue weighted by molar-refractivity contribution is 0.478. The van der Waals surface area contributed by atoms with Crippen molar-refractivity contribution in [3.05, 3.63) is 106 Å². The molecule has 0 heterocycles. The summed E-state index contributed by atoms with van der Waals surface area (Å²) in [4.78, 5) is 0. The number of hydrogen-bond acceptors (Lipinski definition) is 4. The second-order valence-electron chi connectivity index (χ2n) is 9.11. The number of nitrogens with two attached hydrogens (primary N) is 2. The summed E-state index contributed by atoms with van der Waals surface area (Å²) < 4.78 is 12.3. The molecule has 4 rings (SSSR count). The van der Waals surface area contributed by atoms with E-state index in [0.29, 0.717) is 5.92 Å². The molecule has 0 aliphatic carbocycles. The van der Waals surface area contributed by atoms with Gasteiger partial charge in [-0.15, -0.1) is 0 Å². The standard InChI is InChI=1S/C31H34N2O2/c1-6-27(23-7-11-25(12-8-23)34-30-17-15-28(32)19(2)21(30)4)24-9-13-26(14-10-24)35-31-18-16-29(33)20(3)22(31)5/h7-18,27H,6,32-33H2,1-5H3. The Morgan fingerprint density at radius 3 is 1.26 bits per heavy atom. The van der Waals surface area contributed by atoms with Crippen LogP contribution in [0.2, 0.25) is 0 Å². The van der Waals surface area contributed by atoms with Gasteiger partial charge in [-0.2, -0.15) is 0 Å². The third-order valence-corrected chi connectivity index (χ3v) is 6.99. The van der Waals surface area contributed by atoms with Gasteiger partial charge in [0.2, 0.25) is 0 Å². The number of anilines is 2. The van der Waals surface area contributed by atoms with Crippen LogP contribution in [0.5, 0.6) is 23.0 Å². The Balaban J connectivity index is 1.49. The van der Waals surface area contributed by atoms with Crippen LogP contribution in [0.1, 0.15) is 52.6 Å². The highest BCUT2D eigenvalue weighted by Gasteiger charge is 2.14. The van der Waals surface area contributed by atoms with Crippen LogP contribution in [0.25, 0.3) is 0 Å². The van der Waals surface area contributed by atoms with E-state index in [1.807, 2.05) is 76.2 Å². The van der Waals surface area contributed by atoms with Crippen molar-refractivity contribution in [2.24, 2.45) is 0 Å². The molecule has 35 heavy (non-hydrogen) atoms. The van der Waals surface area contributed by atoms with Gasteiger partial charge in [0.1, 0.15) is 23.0 Å². The van der Waals surface area contributed by atoms with Crippen molar-refractivity contribution in [2.75, 3.05) is 11.5 Å². The first-order valence-corrected chi connectivity index (χ1v) is 12.1. The molecule has 0 saturated heterocycles. The zero-order valence-corrected chi connectivity index (χ0v) is 21.2. The molecule has 0 unspecified atom stereocenters. The van der Waals surface area contributed by atoms with E-state index in [1.54, 1.807) is 0 Å². The Bertz CT molecular complexity index is 1220. The Labute approximate surface area is 208 Å². The molecule has 0 atom stereocenters. The molecule has 4 heteroatoms. The molecule has 0 fully saturated rings. The highest BCUT2D eigenvalue weighted by Crippen LogP contribution is 2.35. The first kappa shape index (κ1) is 24.2. The first-order chi connectivity index (χ1) is 16.8. The summed E-state index contributed by atoms with van der Waals surface area (Å²) in [6.07, 6.45) is 0.993. The van der Waals surface area contributed by atoms with Gasteiger partial charge in [0.25, 0.3) is 0 Å². The fraction of sp³-hybridized carbons (Fsp3) is 0.226. The summed E-state index contributed by atoms with van der Waals surface area (Å²) >= 11 is 0. The summed E-state index contributed by atoms with van der Waals surface area (Å²) in [6, 6.07) is 24.4. The molecule has 4 N–H and O–H groups in total. The van der Waals surface area contributed by atoms with E-state index in [-0.39, 0.29) is 0 Å². The lowest BCUT2D eigenvalue weighted by Gasteiger charge is -2.18. The van der Waals surface area contributed by atoms with Gasteiger partial charge in [-0.25, -0.2) is 0 Å². The summed E-state index contributed by atoms with van der Waals surface area (Å²) in [7, 11) is 0. The van der Waals surface area contributed by atoms with E-state index < -0.39 is 0 Å². The SMILES string of the molecule is CCC(c1ccc(Oc2ccc(N)c(C)c2C)cc1)c1ccc(Oc2ccc(N)c(C)c2C)cc1. The van der Waals surface area contributed by atoms with Crippen molar-refractivity contribution in [3.63, 3.8) is 0 Å². The van der Waals surface area contributed by atoms with Crippen LogP contribution in [0.15, 0.2) is 72.8 Å². The zero-order chi connectivity index (χ0) is 25.1. The molecule has 0 amide bonds. The summed E-state index contributed by atoms with van der Waals surface area (Å²) in [5.41, 5.74) is 20.3. The predicted molar refractivity (Wildman–Crippen MR) is 146 cm³/mol. The van der Waals surface area contributed by atoms with Crippen LogP contribution >= 0.6 is 0 Å². The molecule has 4 aromatic carbocycles. The van der Waals surface area contributed by atoms with Crippen molar-refractivity contribution in [2.45, 2.75) is 47.0 Å². The molecule has 0 bridgehead atoms. The lowest BCUT2D eigenvalue weighted by atomic mass is 9.89. The minimum Gasteiger partial charge on any atom is -0.457 e. The van der Waals surface area contributed by atoms with Gasteiger partial charge >= 0.3 is 0 Å². The maximum absolute atomic E-state index is 6.14. The smallest absolute Gasteiger partial charge is 0.130 e. The van der Waals surface area contributed by atoms with Crippen LogP contribution in [0.4, 0.5) is 11.4 Å².